The zero-order valence-electron chi connectivity index (χ0n) is 8.74. The van der Waals surface area contributed by atoms with Gasteiger partial charge in [0, 0.05) is 18.4 Å². The minimum Gasteiger partial charge on any atom is -0.398 e. The summed E-state index contributed by atoms with van der Waals surface area (Å²) in [7, 11) is 0. The lowest BCUT2D eigenvalue weighted by molar-refractivity contribution is 0.556. The molecule has 1 aliphatic carbocycles. The van der Waals surface area contributed by atoms with Crippen molar-refractivity contribution in [3.05, 3.63) is 27.1 Å². The van der Waals surface area contributed by atoms with E-state index >= 15 is 0 Å². The van der Waals surface area contributed by atoms with Gasteiger partial charge in [0.25, 0.3) is 5.56 Å². The van der Waals surface area contributed by atoms with Crippen LogP contribution in [0.2, 0.25) is 0 Å². The van der Waals surface area contributed by atoms with Crippen LogP contribution < -0.4 is 11.3 Å². The summed E-state index contributed by atoms with van der Waals surface area (Å²) in [6.07, 6.45) is 4.19. The third kappa shape index (κ3) is 2.25. The summed E-state index contributed by atoms with van der Waals surface area (Å²) in [6, 6.07) is 1.66. The number of nitrogen functional groups attached to an aromatic ring is 1. The average Bonchev–Trinajstić information content (AvgIpc) is 2.92. The number of nitrogens with two attached hydrogens (primary N) is 1. The highest BCUT2D eigenvalue weighted by Crippen LogP contribution is 2.41. The lowest BCUT2D eigenvalue weighted by Gasteiger charge is -2.06. The molecule has 2 atom stereocenters. The Kier molecular flexibility index (Phi) is 2.87. The molecule has 0 radical (unpaired) electrons. The van der Waals surface area contributed by atoms with E-state index in [9.17, 15) is 4.79 Å². The number of aromatic nitrogens is 1. The van der Waals surface area contributed by atoms with Crippen LogP contribution in [-0.2, 0) is 6.54 Å². The lowest BCUT2D eigenvalue weighted by atomic mass is 10.2. The first-order chi connectivity index (χ1) is 7.11. The number of pyridine rings is 1. The van der Waals surface area contributed by atoms with Crippen molar-refractivity contribution in [3.8, 4) is 0 Å². The first-order valence-electron chi connectivity index (χ1n) is 5.27. The van der Waals surface area contributed by atoms with Crippen LogP contribution in [-0.4, -0.2) is 4.57 Å². The van der Waals surface area contributed by atoms with Crippen molar-refractivity contribution in [2.75, 3.05) is 5.73 Å². The van der Waals surface area contributed by atoms with Gasteiger partial charge in [0.05, 0.1) is 4.47 Å². The Balaban J connectivity index is 2.18. The van der Waals surface area contributed by atoms with Gasteiger partial charge in [-0.25, -0.2) is 0 Å². The fourth-order valence-corrected chi connectivity index (χ4v) is 2.54. The predicted molar refractivity (Wildman–Crippen MR) is 64.7 cm³/mol. The van der Waals surface area contributed by atoms with Crippen LogP contribution in [0.25, 0.3) is 0 Å². The van der Waals surface area contributed by atoms with E-state index < -0.39 is 0 Å². The fourth-order valence-electron chi connectivity index (χ4n) is 2.04. The summed E-state index contributed by atoms with van der Waals surface area (Å²) in [5, 5.41) is 0. The molecule has 4 heteroatoms. The smallest absolute Gasteiger partial charge is 0.264 e. The van der Waals surface area contributed by atoms with Crippen LogP contribution in [0.5, 0.6) is 0 Å². The number of anilines is 1. The Bertz CT molecular complexity index is 427. The SMILES string of the molecule is CC[C@@H]1C[C@H]1Cn1cc(N)cc(Br)c1=O. The number of nitrogens with zero attached hydrogens (tertiary/aromatic N) is 1. The monoisotopic (exact) mass is 270 g/mol. The predicted octanol–water partition coefficient (Wildman–Crippen LogP) is 2.24. The zero-order chi connectivity index (χ0) is 11.0. The van der Waals surface area contributed by atoms with Gasteiger partial charge in [-0.15, -0.1) is 0 Å². The standard InChI is InChI=1S/C11H15BrN2O/c1-2-7-3-8(7)5-14-6-9(13)4-10(12)11(14)15/h4,6-8H,2-3,5,13H2,1H3/t7-,8+/m1/s1. The van der Waals surface area contributed by atoms with Gasteiger partial charge in [-0.05, 0) is 40.3 Å². The third-order valence-corrected chi connectivity index (χ3v) is 3.66. The van der Waals surface area contributed by atoms with Crippen molar-refractivity contribution in [2.45, 2.75) is 26.3 Å². The summed E-state index contributed by atoms with van der Waals surface area (Å²) >= 11 is 3.23. The van der Waals surface area contributed by atoms with Gasteiger partial charge in [-0.1, -0.05) is 13.3 Å². The van der Waals surface area contributed by atoms with Crippen LogP contribution in [0.3, 0.4) is 0 Å². The van der Waals surface area contributed by atoms with Gasteiger partial charge in [0.1, 0.15) is 0 Å². The maximum Gasteiger partial charge on any atom is 0.264 e. The summed E-state index contributed by atoms with van der Waals surface area (Å²) in [5.74, 6) is 1.47. The van der Waals surface area contributed by atoms with E-state index in [1.54, 1.807) is 16.8 Å². The molecule has 0 spiro atoms. The van der Waals surface area contributed by atoms with Crippen LogP contribution in [0.15, 0.2) is 21.5 Å². The van der Waals surface area contributed by atoms with Gasteiger partial charge < -0.3 is 10.3 Å². The molecule has 1 saturated carbocycles. The van der Waals surface area contributed by atoms with E-state index in [4.69, 9.17) is 5.73 Å². The fraction of sp³-hybridized carbons (Fsp3) is 0.545. The normalized spacial score (nSPS) is 24.1. The van der Waals surface area contributed by atoms with E-state index in [1.165, 1.54) is 12.8 Å². The van der Waals surface area contributed by atoms with E-state index in [-0.39, 0.29) is 5.56 Å². The zero-order valence-corrected chi connectivity index (χ0v) is 10.3. The van der Waals surface area contributed by atoms with E-state index in [2.05, 4.69) is 22.9 Å². The second-order valence-corrected chi connectivity index (χ2v) is 5.10. The number of hydrogen-bond donors (Lipinski definition) is 1. The van der Waals surface area contributed by atoms with E-state index in [0.29, 0.717) is 16.1 Å². The molecule has 3 nitrogen and oxygen atoms in total. The Morgan fingerprint density at radius 3 is 2.93 bits per heavy atom. The van der Waals surface area contributed by atoms with Gasteiger partial charge in [0.15, 0.2) is 0 Å². The van der Waals surface area contributed by atoms with Crippen molar-refractivity contribution >= 4 is 21.6 Å². The molecule has 0 amide bonds. The first-order valence-corrected chi connectivity index (χ1v) is 6.06. The molecule has 2 N–H and O–H groups in total. The van der Waals surface area contributed by atoms with Crippen molar-refractivity contribution in [1.82, 2.24) is 4.57 Å². The van der Waals surface area contributed by atoms with Crippen molar-refractivity contribution in [1.29, 1.82) is 0 Å². The van der Waals surface area contributed by atoms with Crippen LogP contribution in [0.4, 0.5) is 5.69 Å². The van der Waals surface area contributed by atoms with Gasteiger partial charge >= 0.3 is 0 Å². The second kappa shape index (κ2) is 4.00. The summed E-state index contributed by atoms with van der Waals surface area (Å²) in [4.78, 5) is 11.7. The molecule has 1 aromatic rings. The molecule has 1 aromatic heterocycles. The topological polar surface area (TPSA) is 48.0 Å². The minimum absolute atomic E-state index is 0.0194. The highest BCUT2D eigenvalue weighted by molar-refractivity contribution is 9.10. The molecule has 0 aliphatic heterocycles. The maximum atomic E-state index is 11.7. The Morgan fingerprint density at radius 2 is 2.33 bits per heavy atom. The second-order valence-electron chi connectivity index (χ2n) is 4.24. The number of rotatable bonds is 3. The van der Waals surface area contributed by atoms with E-state index in [1.807, 2.05) is 0 Å². The van der Waals surface area contributed by atoms with Crippen molar-refractivity contribution < 1.29 is 0 Å². The summed E-state index contributed by atoms with van der Waals surface area (Å²) in [5.41, 5.74) is 6.36. The highest BCUT2D eigenvalue weighted by Gasteiger charge is 2.35. The summed E-state index contributed by atoms with van der Waals surface area (Å²) in [6.45, 7) is 3.00. The van der Waals surface area contributed by atoms with Crippen molar-refractivity contribution in [3.63, 3.8) is 0 Å². The first kappa shape index (κ1) is 10.7. The van der Waals surface area contributed by atoms with Crippen molar-refractivity contribution in [2.24, 2.45) is 11.8 Å². The molecule has 15 heavy (non-hydrogen) atoms. The Hall–Kier alpha value is -0.770. The molecule has 1 heterocycles. The molecule has 0 bridgehead atoms. The van der Waals surface area contributed by atoms with Gasteiger partial charge in [-0.2, -0.15) is 0 Å². The Morgan fingerprint density at radius 1 is 1.60 bits per heavy atom. The molecule has 1 aliphatic rings. The lowest BCUT2D eigenvalue weighted by Crippen LogP contribution is -2.21. The molecular formula is C11H15BrN2O. The Labute approximate surface area is 97.4 Å². The quantitative estimate of drug-likeness (QED) is 0.916. The number of halogens is 1. The van der Waals surface area contributed by atoms with Crippen LogP contribution >= 0.6 is 15.9 Å². The van der Waals surface area contributed by atoms with Crippen LogP contribution in [0, 0.1) is 11.8 Å². The van der Waals surface area contributed by atoms with Gasteiger partial charge in [-0.3, -0.25) is 4.79 Å². The minimum atomic E-state index is 0.0194. The summed E-state index contributed by atoms with van der Waals surface area (Å²) < 4.78 is 2.27. The largest absolute Gasteiger partial charge is 0.398 e. The average molecular weight is 271 g/mol. The van der Waals surface area contributed by atoms with Gasteiger partial charge in [0.2, 0.25) is 0 Å². The molecule has 0 aromatic carbocycles. The maximum absolute atomic E-state index is 11.7. The highest BCUT2D eigenvalue weighted by atomic mass is 79.9. The molecule has 0 saturated heterocycles. The van der Waals surface area contributed by atoms with E-state index in [0.717, 1.165) is 12.5 Å². The number of hydrogen-bond acceptors (Lipinski definition) is 2. The molecule has 2 rings (SSSR count). The molecule has 1 fully saturated rings. The molecule has 0 unspecified atom stereocenters. The molecular weight excluding hydrogens is 256 g/mol. The molecule has 82 valence electrons. The third-order valence-electron chi connectivity index (χ3n) is 3.09. The van der Waals surface area contributed by atoms with Crippen LogP contribution in [0.1, 0.15) is 19.8 Å².